The Kier molecular flexibility index (Phi) is 5.55. The molecule has 0 bridgehead atoms. The fourth-order valence-corrected chi connectivity index (χ4v) is 4.41. The molecule has 6 nitrogen and oxygen atoms in total. The van der Waals surface area contributed by atoms with Gasteiger partial charge in [0, 0.05) is 44.8 Å². The van der Waals surface area contributed by atoms with E-state index in [9.17, 15) is 0 Å². The molecule has 5 rings (SSSR count). The Hall–Kier alpha value is -2.99. The first-order valence-electron chi connectivity index (χ1n) is 11.2. The molecular weight excluding hydrogens is 386 g/mol. The number of pyridine rings is 1. The minimum Gasteiger partial charge on any atom is -0.438 e. The van der Waals surface area contributed by atoms with Crippen molar-refractivity contribution in [3.8, 4) is 11.6 Å². The van der Waals surface area contributed by atoms with Crippen LogP contribution in [0.5, 0.6) is 11.6 Å². The fraction of sp³-hybridized carbons (Fsp3) is 0.400. The van der Waals surface area contributed by atoms with Crippen molar-refractivity contribution >= 4 is 5.95 Å². The van der Waals surface area contributed by atoms with Crippen molar-refractivity contribution in [1.29, 1.82) is 0 Å². The van der Waals surface area contributed by atoms with E-state index >= 15 is 0 Å². The molecule has 3 aromatic rings. The summed E-state index contributed by atoms with van der Waals surface area (Å²) in [5, 5.41) is 0. The molecule has 31 heavy (non-hydrogen) atoms. The van der Waals surface area contributed by atoms with Crippen molar-refractivity contribution in [2.45, 2.75) is 46.2 Å². The highest BCUT2D eigenvalue weighted by atomic mass is 16.5. The van der Waals surface area contributed by atoms with Gasteiger partial charge >= 0.3 is 0 Å². The van der Waals surface area contributed by atoms with Gasteiger partial charge in [0.05, 0.1) is 17.0 Å². The molecule has 2 aliphatic rings. The normalized spacial score (nSPS) is 16.4. The summed E-state index contributed by atoms with van der Waals surface area (Å²) in [7, 11) is 0. The smallest absolute Gasteiger partial charge is 0.228 e. The summed E-state index contributed by atoms with van der Waals surface area (Å²) in [5.41, 5.74) is 5.54. The summed E-state index contributed by atoms with van der Waals surface area (Å²) in [6.07, 6.45) is 3.30. The first-order valence-corrected chi connectivity index (χ1v) is 11.2. The van der Waals surface area contributed by atoms with Crippen LogP contribution in [0.4, 0.5) is 5.95 Å². The second-order valence-corrected chi connectivity index (χ2v) is 8.60. The van der Waals surface area contributed by atoms with E-state index in [4.69, 9.17) is 14.7 Å². The molecule has 0 aliphatic carbocycles. The Morgan fingerprint density at radius 1 is 0.935 bits per heavy atom. The van der Waals surface area contributed by atoms with Gasteiger partial charge in [-0.3, -0.25) is 9.88 Å². The van der Waals surface area contributed by atoms with Gasteiger partial charge in [-0.2, -0.15) is 4.98 Å². The van der Waals surface area contributed by atoms with Gasteiger partial charge in [0.1, 0.15) is 5.75 Å². The minimum absolute atomic E-state index is 0.694. The lowest BCUT2D eigenvalue weighted by molar-refractivity contribution is 0.235. The third kappa shape index (κ3) is 4.54. The van der Waals surface area contributed by atoms with E-state index in [2.05, 4.69) is 46.0 Å². The van der Waals surface area contributed by atoms with Gasteiger partial charge < -0.3 is 9.64 Å². The molecule has 0 saturated carbocycles. The first kappa shape index (κ1) is 19.9. The number of aryl methyl sites for hydroxylation is 2. The van der Waals surface area contributed by atoms with Gasteiger partial charge in [-0.05, 0) is 56.5 Å². The zero-order chi connectivity index (χ0) is 21.2. The van der Waals surface area contributed by atoms with Gasteiger partial charge in [0.15, 0.2) is 0 Å². The molecule has 2 aromatic heterocycles. The second kappa shape index (κ2) is 8.63. The Morgan fingerprint density at radius 3 is 2.58 bits per heavy atom. The highest BCUT2D eigenvalue weighted by molar-refractivity contribution is 5.44. The molecule has 0 N–H and O–H groups in total. The number of rotatable bonds is 5. The third-order valence-corrected chi connectivity index (χ3v) is 6.01. The zero-order valence-electron chi connectivity index (χ0n) is 18.3. The van der Waals surface area contributed by atoms with Crippen LogP contribution >= 0.6 is 0 Å². The van der Waals surface area contributed by atoms with E-state index in [0.717, 1.165) is 73.5 Å². The van der Waals surface area contributed by atoms with Crippen LogP contribution in [0.25, 0.3) is 0 Å². The van der Waals surface area contributed by atoms with Crippen LogP contribution in [-0.2, 0) is 19.5 Å². The van der Waals surface area contributed by atoms with Crippen LogP contribution in [0, 0.1) is 13.8 Å². The monoisotopic (exact) mass is 415 g/mol. The predicted molar refractivity (Wildman–Crippen MR) is 122 cm³/mol. The number of anilines is 1. The minimum atomic E-state index is 0.694. The van der Waals surface area contributed by atoms with Crippen molar-refractivity contribution in [2.24, 2.45) is 0 Å². The van der Waals surface area contributed by atoms with Crippen LogP contribution in [0.1, 0.15) is 41.1 Å². The van der Waals surface area contributed by atoms with E-state index in [-0.39, 0.29) is 0 Å². The number of ether oxygens (including phenoxy) is 1. The van der Waals surface area contributed by atoms with Crippen molar-refractivity contribution in [3.63, 3.8) is 0 Å². The van der Waals surface area contributed by atoms with E-state index in [1.54, 1.807) is 0 Å². The van der Waals surface area contributed by atoms with Crippen molar-refractivity contribution in [3.05, 3.63) is 70.7 Å². The van der Waals surface area contributed by atoms with Crippen LogP contribution in [0.15, 0.2) is 42.5 Å². The molecule has 2 aliphatic heterocycles. The Labute approximate surface area is 183 Å². The van der Waals surface area contributed by atoms with Gasteiger partial charge in [-0.25, -0.2) is 4.98 Å². The summed E-state index contributed by atoms with van der Waals surface area (Å²) in [6, 6.07) is 14.4. The van der Waals surface area contributed by atoms with Gasteiger partial charge in [0.2, 0.25) is 11.8 Å². The average molecular weight is 416 g/mol. The molecule has 1 fully saturated rings. The summed E-state index contributed by atoms with van der Waals surface area (Å²) in [5.74, 6) is 2.33. The number of nitrogens with zero attached hydrogens (tertiary/aromatic N) is 5. The Bertz CT molecular complexity index is 1080. The lowest BCUT2D eigenvalue weighted by Gasteiger charge is -2.30. The van der Waals surface area contributed by atoms with E-state index in [0.29, 0.717) is 5.88 Å². The number of hydrogen-bond acceptors (Lipinski definition) is 6. The molecule has 160 valence electrons. The standard InChI is InChI=1S/C25H29N5O/c1-18-7-5-10-21(15-18)31-24-22-17-29(16-20-9-6-8-19(2)26-20)14-11-23(22)27-25(28-24)30-12-3-4-13-30/h5-10,15H,3-4,11-14,16-17H2,1-2H3. The van der Waals surface area contributed by atoms with E-state index in [1.807, 2.05) is 25.1 Å². The SMILES string of the molecule is Cc1cccc(Oc2nc(N3CCCC3)nc3c2CN(Cc2cccc(C)n2)CC3)c1. The van der Waals surface area contributed by atoms with Crippen LogP contribution < -0.4 is 9.64 Å². The number of aromatic nitrogens is 3. The summed E-state index contributed by atoms with van der Waals surface area (Å²) in [4.78, 5) is 19.2. The van der Waals surface area contributed by atoms with Crippen molar-refractivity contribution < 1.29 is 4.74 Å². The fourth-order valence-electron chi connectivity index (χ4n) is 4.41. The van der Waals surface area contributed by atoms with Crippen LogP contribution in [0.2, 0.25) is 0 Å². The maximum atomic E-state index is 6.36. The molecule has 0 radical (unpaired) electrons. The van der Waals surface area contributed by atoms with Crippen molar-refractivity contribution in [1.82, 2.24) is 19.9 Å². The summed E-state index contributed by atoms with van der Waals surface area (Å²) in [6.45, 7) is 8.71. The lowest BCUT2D eigenvalue weighted by Crippen LogP contribution is -2.32. The zero-order valence-corrected chi connectivity index (χ0v) is 18.3. The molecule has 6 heteroatoms. The average Bonchev–Trinajstić information content (AvgIpc) is 3.29. The highest BCUT2D eigenvalue weighted by Gasteiger charge is 2.26. The summed E-state index contributed by atoms with van der Waals surface area (Å²) >= 11 is 0. The first-order chi connectivity index (χ1) is 15.1. The third-order valence-electron chi connectivity index (χ3n) is 6.01. The highest BCUT2D eigenvalue weighted by Crippen LogP contribution is 2.32. The number of fused-ring (bicyclic) bond motifs is 1. The molecular formula is C25H29N5O. The molecule has 0 spiro atoms. The number of benzene rings is 1. The Balaban J connectivity index is 1.45. The maximum absolute atomic E-state index is 6.36. The maximum Gasteiger partial charge on any atom is 0.228 e. The molecule has 0 atom stereocenters. The van der Waals surface area contributed by atoms with Crippen LogP contribution in [0.3, 0.4) is 0 Å². The predicted octanol–water partition coefficient (Wildman–Crippen LogP) is 4.44. The van der Waals surface area contributed by atoms with Gasteiger partial charge in [0.25, 0.3) is 0 Å². The quantitative estimate of drug-likeness (QED) is 0.614. The lowest BCUT2D eigenvalue weighted by atomic mass is 10.1. The molecule has 0 amide bonds. The summed E-state index contributed by atoms with van der Waals surface area (Å²) < 4.78 is 6.36. The van der Waals surface area contributed by atoms with Gasteiger partial charge in [-0.15, -0.1) is 0 Å². The van der Waals surface area contributed by atoms with Crippen LogP contribution in [-0.4, -0.2) is 39.5 Å². The second-order valence-electron chi connectivity index (χ2n) is 8.60. The topological polar surface area (TPSA) is 54.4 Å². The Morgan fingerprint density at radius 2 is 1.77 bits per heavy atom. The molecule has 1 saturated heterocycles. The number of hydrogen-bond donors (Lipinski definition) is 0. The molecule has 1 aromatic carbocycles. The largest absolute Gasteiger partial charge is 0.438 e. The molecule has 0 unspecified atom stereocenters. The van der Waals surface area contributed by atoms with Gasteiger partial charge in [-0.1, -0.05) is 18.2 Å². The van der Waals surface area contributed by atoms with E-state index < -0.39 is 0 Å². The van der Waals surface area contributed by atoms with Crippen molar-refractivity contribution in [2.75, 3.05) is 24.5 Å². The molecule has 4 heterocycles. The van der Waals surface area contributed by atoms with E-state index in [1.165, 1.54) is 18.4 Å².